The minimum atomic E-state index is -3.68. The van der Waals surface area contributed by atoms with Crippen LogP contribution in [0.25, 0.3) is 0 Å². The van der Waals surface area contributed by atoms with Gasteiger partial charge in [-0.3, -0.25) is 9.52 Å². The summed E-state index contributed by atoms with van der Waals surface area (Å²) in [6.45, 7) is 4.09. The van der Waals surface area contributed by atoms with Crippen LogP contribution < -0.4 is 9.46 Å². The first kappa shape index (κ1) is 28.2. The third kappa shape index (κ3) is 9.55. The van der Waals surface area contributed by atoms with Crippen molar-refractivity contribution in [3.05, 3.63) is 90.0 Å². The fourth-order valence-electron chi connectivity index (χ4n) is 3.86. The Kier molecular flexibility index (Phi) is 10.5. The van der Waals surface area contributed by atoms with Gasteiger partial charge in [0.15, 0.2) is 0 Å². The Morgan fingerprint density at radius 3 is 2.46 bits per heavy atom. The van der Waals surface area contributed by atoms with Crippen molar-refractivity contribution in [2.45, 2.75) is 63.1 Å². The number of esters is 1. The van der Waals surface area contributed by atoms with E-state index in [1.54, 1.807) is 36.4 Å². The number of rotatable bonds is 14. The van der Waals surface area contributed by atoms with Crippen molar-refractivity contribution < 1.29 is 27.8 Å². The lowest BCUT2D eigenvalue weighted by atomic mass is 10.0. The Labute approximate surface area is 219 Å². The van der Waals surface area contributed by atoms with E-state index in [1.807, 2.05) is 44.2 Å². The fourth-order valence-corrected chi connectivity index (χ4v) is 4.93. The van der Waals surface area contributed by atoms with Crippen LogP contribution in [0.2, 0.25) is 0 Å². The number of hydrogen-bond donors (Lipinski definition) is 2. The number of carbonyl (C=O) groups excluding carboxylic acids is 1. The van der Waals surface area contributed by atoms with Crippen LogP contribution in [0.1, 0.15) is 44.2 Å². The van der Waals surface area contributed by atoms with Gasteiger partial charge in [0.25, 0.3) is 10.0 Å². The van der Waals surface area contributed by atoms with Crippen molar-refractivity contribution in [3.63, 3.8) is 0 Å². The van der Waals surface area contributed by atoms with E-state index >= 15 is 0 Å². The molecule has 3 aromatic rings. The minimum Gasteiger partial charge on any atom is -0.493 e. The molecule has 1 atom stereocenters. The van der Waals surface area contributed by atoms with Crippen molar-refractivity contribution in [1.29, 1.82) is 0 Å². The molecule has 0 fully saturated rings. The fraction of sp³-hybridized carbons (Fsp3) is 0.345. The summed E-state index contributed by atoms with van der Waals surface area (Å²) in [6, 6.07) is 22.8. The monoisotopic (exact) mass is 525 g/mol. The van der Waals surface area contributed by atoms with Gasteiger partial charge < -0.3 is 14.6 Å². The first-order valence-electron chi connectivity index (χ1n) is 12.5. The third-order valence-corrected chi connectivity index (χ3v) is 6.98. The molecule has 0 aliphatic heterocycles. The smallest absolute Gasteiger partial charge is 0.306 e. The maximum atomic E-state index is 12.6. The van der Waals surface area contributed by atoms with Gasteiger partial charge in [-0.15, -0.1) is 0 Å². The summed E-state index contributed by atoms with van der Waals surface area (Å²) < 4.78 is 38.9. The summed E-state index contributed by atoms with van der Waals surface area (Å²) in [7, 11) is -3.68. The molecule has 0 aromatic heterocycles. The Bertz CT molecular complexity index is 1240. The Morgan fingerprint density at radius 2 is 1.70 bits per heavy atom. The lowest BCUT2D eigenvalue weighted by molar-refractivity contribution is -0.147. The first-order chi connectivity index (χ1) is 17.7. The number of benzene rings is 3. The van der Waals surface area contributed by atoms with Gasteiger partial charge in [0.05, 0.1) is 23.7 Å². The molecule has 8 heteroatoms. The van der Waals surface area contributed by atoms with Gasteiger partial charge in [0.1, 0.15) is 5.75 Å². The predicted octanol–water partition coefficient (Wildman–Crippen LogP) is 5.13. The number of para-hydroxylation sites is 1. The summed E-state index contributed by atoms with van der Waals surface area (Å²) >= 11 is 0. The minimum absolute atomic E-state index is 0.133. The van der Waals surface area contributed by atoms with E-state index in [2.05, 4.69) is 4.72 Å². The van der Waals surface area contributed by atoms with E-state index in [-0.39, 0.29) is 23.4 Å². The van der Waals surface area contributed by atoms with Crippen LogP contribution in [-0.4, -0.2) is 38.3 Å². The molecule has 3 aromatic carbocycles. The van der Waals surface area contributed by atoms with Crippen LogP contribution in [0.15, 0.2) is 83.8 Å². The number of hydrogen-bond acceptors (Lipinski definition) is 6. The van der Waals surface area contributed by atoms with Crippen LogP contribution >= 0.6 is 0 Å². The molecular weight excluding hydrogens is 490 g/mol. The van der Waals surface area contributed by atoms with Gasteiger partial charge in [-0.25, -0.2) is 8.42 Å². The van der Waals surface area contributed by atoms with Crippen LogP contribution in [0.4, 0.5) is 5.69 Å². The quantitative estimate of drug-likeness (QED) is 0.223. The summed E-state index contributed by atoms with van der Waals surface area (Å²) in [6.07, 6.45) is 1.67. The highest BCUT2D eigenvalue weighted by atomic mass is 32.2. The maximum Gasteiger partial charge on any atom is 0.306 e. The standard InChI is InChI=1S/C29H35NO6S/c1-22(2)36-29(32)18-17-24-11-6-7-16-28(24)35-19-9-13-26(31)21-23-10-8-12-25(20-23)30-37(33,34)27-14-4-3-5-15-27/h3-8,10-12,14-16,20,22,26,30-31H,9,13,17-19,21H2,1-2H3. The van der Waals surface area contributed by atoms with Crippen LogP contribution in [-0.2, 0) is 32.4 Å². The van der Waals surface area contributed by atoms with Crippen molar-refractivity contribution in [1.82, 2.24) is 0 Å². The Balaban J connectivity index is 1.45. The molecule has 0 aliphatic carbocycles. The molecule has 0 spiro atoms. The molecule has 2 N–H and O–H groups in total. The second kappa shape index (κ2) is 13.8. The zero-order valence-electron chi connectivity index (χ0n) is 21.3. The molecule has 7 nitrogen and oxygen atoms in total. The molecule has 0 radical (unpaired) electrons. The van der Waals surface area contributed by atoms with Gasteiger partial charge in [0, 0.05) is 12.1 Å². The highest BCUT2D eigenvalue weighted by Crippen LogP contribution is 2.21. The second-order valence-corrected chi connectivity index (χ2v) is 10.8. The predicted molar refractivity (Wildman–Crippen MR) is 144 cm³/mol. The summed E-state index contributed by atoms with van der Waals surface area (Å²) in [5, 5.41) is 10.5. The molecule has 0 bridgehead atoms. The van der Waals surface area contributed by atoms with Crippen molar-refractivity contribution in [2.75, 3.05) is 11.3 Å². The first-order valence-corrected chi connectivity index (χ1v) is 14.0. The van der Waals surface area contributed by atoms with Crippen LogP contribution in [0, 0.1) is 0 Å². The summed E-state index contributed by atoms with van der Waals surface area (Å²) in [4.78, 5) is 12.0. The average molecular weight is 526 g/mol. The molecule has 0 aliphatic rings. The second-order valence-electron chi connectivity index (χ2n) is 9.11. The van der Waals surface area contributed by atoms with E-state index in [1.165, 1.54) is 12.1 Å². The number of sulfonamides is 1. The number of aliphatic hydroxyl groups excluding tert-OH is 1. The lowest BCUT2D eigenvalue weighted by Crippen LogP contribution is -2.14. The molecule has 0 heterocycles. The van der Waals surface area contributed by atoms with Gasteiger partial charge in [-0.05, 0) is 81.0 Å². The largest absolute Gasteiger partial charge is 0.493 e. The van der Waals surface area contributed by atoms with E-state index < -0.39 is 16.1 Å². The van der Waals surface area contributed by atoms with E-state index in [4.69, 9.17) is 9.47 Å². The number of aryl methyl sites for hydroxylation is 1. The van der Waals surface area contributed by atoms with E-state index in [9.17, 15) is 18.3 Å². The zero-order chi connectivity index (χ0) is 26.7. The number of nitrogens with one attached hydrogen (secondary N) is 1. The molecule has 198 valence electrons. The number of anilines is 1. The van der Waals surface area contributed by atoms with Crippen LogP contribution in [0.5, 0.6) is 5.75 Å². The number of ether oxygens (including phenoxy) is 2. The summed E-state index contributed by atoms with van der Waals surface area (Å²) in [5.41, 5.74) is 2.23. The van der Waals surface area contributed by atoms with Crippen LogP contribution in [0.3, 0.4) is 0 Å². The van der Waals surface area contributed by atoms with Crippen molar-refractivity contribution in [3.8, 4) is 5.75 Å². The summed E-state index contributed by atoms with van der Waals surface area (Å²) in [5.74, 6) is 0.498. The number of aliphatic hydroxyl groups is 1. The molecule has 3 rings (SSSR count). The van der Waals surface area contributed by atoms with Crippen molar-refractivity contribution in [2.24, 2.45) is 0 Å². The molecule has 1 unspecified atom stereocenters. The Hall–Kier alpha value is -3.36. The zero-order valence-corrected chi connectivity index (χ0v) is 22.1. The van der Waals surface area contributed by atoms with Gasteiger partial charge >= 0.3 is 5.97 Å². The van der Waals surface area contributed by atoms with E-state index in [0.29, 0.717) is 38.0 Å². The van der Waals surface area contributed by atoms with Gasteiger partial charge in [-0.2, -0.15) is 0 Å². The third-order valence-electron chi connectivity index (χ3n) is 5.58. The molecular formula is C29H35NO6S. The molecule has 37 heavy (non-hydrogen) atoms. The average Bonchev–Trinajstić information content (AvgIpc) is 2.86. The molecule has 0 saturated heterocycles. The molecule has 0 amide bonds. The Morgan fingerprint density at radius 1 is 0.973 bits per heavy atom. The topological polar surface area (TPSA) is 102 Å². The van der Waals surface area contributed by atoms with Crippen molar-refractivity contribution >= 4 is 21.7 Å². The highest BCUT2D eigenvalue weighted by molar-refractivity contribution is 7.92. The molecule has 0 saturated carbocycles. The normalized spacial score (nSPS) is 12.2. The van der Waals surface area contributed by atoms with E-state index in [0.717, 1.165) is 16.9 Å². The lowest BCUT2D eigenvalue weighted by Gasteiger charge is -2.14. The van der Waals surface area contributed by atoms with Gasteiger partial charge in [-0.1, -0.05) is 48.5 Å². The van der Waals surface area contributed by atoms with Gasteiger partial charge in [0.2, 0.25) is 0 Å². The highest BCUT2D eigenvalue weighted by Gasteiger charge is 2.14. The SMILES string of the molecule is CC(C)OC(=O)CCc1ccccc1OCCCC(O)Cc1cccc(NS(=O)(=O)c2ccccc2)c1. The number of carbonyl (C=O) groups is 1. The maximum absolute atomic E-state index is 12.6.